The Morgan fingerprint density at radius 1 is 1.33 bits per heavy atom. The van der Waals surface area contributed by atoms with Crippen LogP contribution in [0.2, 0.25) is 5.02 Å². The topological polar surface area (TPSA) is 12.5 Å². The van der Waals surface area contributed by atoms with Crippen LogP contribution in [0.15, 0.2) is 12.1 Å². The highest BCUT2D eigenvalue weighted by Gasteiger charge is 2.18. The lowest BCUT2D eigenvalue weighted by molar-refractivity contribution is 0.149. The summed E-state index contributed by atoms with van der Waals surface area (Å²) in [6.45, 7) is 7.29. The Morgan fingerprint density at radius 2 is 2.00 bits per heavy atom. The van der Waals surface area contributed by atoms with Crippen molar-refractivity contribution in [1.82, 2.24) is 4.90 Å². The molecule has 0 N–H and O–H groups in total. The molecule has 1 aliphatic rings. The van der Waals surface area contributed by atoms with E-state index in [1.165, 1.54) is 19.4 Å². The second-order valence-electron chi connectivity index (χ2n) is 5.45. The van der Waals surface area contributed by atoms with Crippen LogP contribution in [0.5, 0.6) is 5.75 Å². The van der Waals surface area contributed by atoms with E-state index in [-0.39, 0.29) is 0 Å². The monoisotopic (exact) mass is 267 g/mol. The number of aryl methyl sites for hydroxylation is 2. The smallest absolute Gasteiger partial charge is 0.125 e. The highest BCUT2D eigenvalue weighted by atomic mass is 35.5. The summed E-state index contributed by atoms with van der Waals surface area (Å²) in [5.74, 6) is 1.66. The molecular formula is C15H22ClNO. The summed E-state index contributed by atoms with van der Waals surface area (Å²) in [6, 6.07) is 3.94. The van der Waals surface area contributed by atoms with Crippen molar-refractivity contribution < 1.29 is 4.74 Å². The molecule has 3 heteroatoms. The minimum absolute atomic E-state index is 0.651. The van der Waals surface area contributed by atoms with Gasteiger partial charge in [0.1, 0.15) is 5.75 Å². The third kappa shape index (κ3) is 3.39. The van der Waals surface area contributed by atoms with E-state index in [2.05, 4.69) is 25.8 Å². The van der Waals surface area contributed by atoms with E-state index >= 15 is 0 Å². The Morgan fingerprint density at radius 3 is 2.61 bits per heavy atom. The average molecular weight is 268 g/mol. The number of benzene rings is 1. The standard InChI is InChI=1S/C15H22ClNO/c1-11-7-14(16)8-12(2)15(11)18-10-13-5-4-6-17(3)9-13/h7-8,13H,4-6,9-10H2,1-3H3/t13-/m0/s1. The zero-order valence-corrected chi connectivity index (χ0v) is 12.3. The van der Waals surface area contributed by atoms with Gasteiger partial charge in [-0.15, -0.1) is 0 Å². The van der Waals surface area contributed by atoms with Crippen LogP contribution in [-0.2, 0) is 0 Å². The first-order chi connectivity index (χ1) is 8.56. The molecule has 0 bridgehead atoms. The van der Waals surface area contributed by atoms with Crippen molar-refractivity contribution in [2.24, 2.45) is 5.92 Å². The van der Waals surface area contributed by atoms with Gasteiger partial charge in [-0.1, -0.05) is 11.6 Å². The highest BCUT2D eigenvalue weighted by molar-refractivity contribution is 6.30. The lowest BCUT2D eigenvalue weighted by Gasteiger charge is -2.29. The Labute approximate surface area is 115 Å². The van der Waals surface area contributed by atoms with Gasteiger partial charge in [0.05, 0.1) is 6.61 Å². The zero-order valence-electron chi connectivity index (χ0n) is 11.5. The van der Waals surface area contributed by atoms with Crippen molar-refractivity contribution in [3.8, 4) is 5.75 Å². The molecule has 0 aliphatic carbocycles. The van der Waals surface area contributed by atoms with Crippen LogP contribution in [0.3, 0.4) is 0 Å². The molecule has 1 aromatic carbocycles. The van der Waals surface area contributed by atoms with Crippen LogP contribution in [0.1, 0.15) is 24.0 Å². The normalized spacial score (nSPS) is 21.0. The van der Waals surface area contributed by atoms with Crippen LogP contribution in [0, 0.1) is 19.8 Å². The van der Waals surface area contributed by atoms with Crippen LogP contribution in [-0.4, -0.2) is 31.6 Å². The molecule has 0 spiro atoms. The second-order valence-corrected chi connectivity index (χ2v) is 5.89. The second kappa shape index (κ2) is 5.94. The van der Waals surface area contributed by atoms with Crippen LogP contribution >= 0.6 is 11.6 Å². The molecule has 1 aliphatic heterocycles. The summed E-state index contributed by atoms with van der Waals surface area (Å²) in [7, 11) is 2.19. The van der Waals surface area contributed by atoms with Crippen molar-refractivity contribution in [2.45, 2.75) is 26.7 Å². The van der Waals surface area contributed by atoms with Crippen molar-refractivity contribution in [3.63, 3.8) is 0 Å². The van der Waals surface area contributed by atoms with E-state index in [4.69, 9.17) is 16.3 Å². The van der Waals surface area contributed by atoms with Gasteiger partial charge >= 0.3 is 0 Å². The number of piperidine rings is 1. The number of nitrogens with zero attached hydrogens (tertiary/aromatic N) is 1. The van der Waals surface area contributed by atoms with Gasteiger partial charge in [-0.25, -0.2) is 0 Å². The molecular weight excluding hydrogens is 246 g/mol. The molecule has 0 saturated carbocycles. The molecule has 1 fully saturated rings. The van der Waals surface area contributed by atoms with Crippen molar-refractivity contribution in [1.29, 1.82) is 0 Å². The maximum absolute atomic E-state index is 6.03. The number of likely N-dealkylation sites (tertiary alicyclic amines) is 1. The molecule has 1 aromatic rings. The largest absolute Gasteiger partial charge is 0.493 e. The summed E-state index contributed by atoms with van der Waals surface area (Å²) in [4.78, 5) is 2.39. The minimum Gasteiger partial charge on any atom is -0.493 e. The number of halogens is 1. The van der Waals surface area contributed by atoms with E-state index in [1.54, 1.807) is 0 Å². The van der Waals surface area contributed by atoms with Gasteiger partial charge in [0.15, 0.2) is 0 Å². The van der Waals surface area contributed by atoms with Gasteiger partial charge < -0.3 is 9.64 Å². The number of hydrogen-bond acceptors (Lipinski definition) is 2. The third-order valence-corrected chi connectivity index (χ3v) is 3.83. The molecule has 0 aromatic heterocycles. The summed E-state index contributed by atoms with van der Waals surface area (Å²) < 4.78 is 6.03. The molecule has 2 nitrogen and oxygen atoms in total. The molecule has 2 rings (SSSR count). The SMILES string of the molecule is Cc1cc(Cl)cc(C)c1OC[C@H]1CCCN(C)C1. The fraction of sp³-hybridized carbons (Fsp3) is 0.600. The molecule has 0 unspecified atom stereocenters. The summed E-state index contributed by atoms with van der Waals surface area (Å²) in [6.07, 6.45) is 2.55. The summed E-state index contributed by atoms with van der Waals surface area (Å²) in [5, 5.41) is 0.787. The van der Waals surface area contributed by atoms with Gasteiger partial charge in [0, 0.05) is 17.5 Å². The van der Waals surface area contributed by atoms with Gasteiger partial charge in [-0.05, 0) is 63.5 Å². The maximum atomic E-state index is 6.03. The fourth-order valence-electron chi connectivity index (χ4n) is 2.74. The summed E-state index contributed by atoms with van der Waals surface area (Å²) >= 11 is 6.03. The van der Waals surface area contributed by atoms with Crippen LogP contribution in [0.25, 0.3) is 0 Å². The minimum atomic E-state index is 0.651. The van der Waals surface area contributed by atoms with Crippen molar-refractivity contribution in [3.05, 3.63) is 28.3 Å². The molecule has 18 heavy (non-hydrogen) atoms. The van der Waals surface area contributed by atoms with E-state index < -0.39 is 0 Å². The van der Waals surface area contributed by atoms with Crippen molar-refractivity contribution >= 4 is 11.6 Å². The number of rotatable bonds is 3. The van der Waals surface area contributed by atoms with Gasteiger partial charge in [-0.2, -0.15) is 0 Å². The Bertz CT molecular complexity index is 396. The molecule has 1 atom stereocenters. The fourth-order valence-corrected chi connectivity index (χ4v) is 3.06. The summed E-state index contributed by atoms with van der Waals surface area (Å²) in [5.41, 5.74) is 2.26. The predicted molar refractivity (Wildman–Crippen MR) is 76.6 cm³/mol. The lowest BCUT2D eigenvalue weighted by Crippen LogP contribution is -2.34. The first-order valence-corrected chi connectivity index (χ1v) is 7.02. The van der Waals surface area contributed by atoms with Gasteiger partial charge in [0.2, 0.25) is 0 Å². The number of ether oxygens (including phenoxy) is 1. The highest BCUT2D eigenvalue weighted by Crippen LogP contribution is 2.28. The Kier molecular flexibility index (Phi) is 4.52. The van der Waals surface area contributed by atoms with E-state index in [0.29, 0.717) is 5.92 Å². The molecule has 0 amide bonds. The quantitative estimate of drug-likeness (QED) is 0.828. The van der Waals surface area contributed by atoms with Crippen molar-refractivity contribution in [2.75, 3.05) is 26.7 Å². The average Bonchev–Trinajstić information content (AvgIpc) is 2.27. The molecule has 100 valence electrons. The first kappa shape index (κ1) is 13.7. The third-order valence-electron chi connectivity index (χ3n) is 3.61. The van der Waals surface area contributed by atoms with Gasteiger partial charge in [0.25, 0.3) is 0 Å². The van der Waals surface area contributed by atoms with Crippen LogP contribution in [0.4, 0.5) is 0 Å². The molecule has 0 radical (unpaired) electrons. The number of hydrogen-bond donors (Lipinski definition) is 0. The lowest BCUT2D eigenvalue weighted by atomic mass is 9.99. The Hall–Kier alpha value is -0.730. The van der Waals surface area contributed by atoms with E-state index in [0.717, 1.165) is 35.1 Å². The molecule has 1 saturated heterocycles. The maximum Gasteiger partial charge on any atom is 0.125 e. The first-order valence-electron chi connectivity index (χ1n) is 6.64. The predicted octanol–water partition coefficient (Wildman–Crippen LogP) is 3.68. The Balaban J connectivity index is 1.97. The van der Waals surface area contributed by atoms with E-state index in [9.17, 15) is 0 Å². The van der Waals surface area contributed by atoms with E-state index in [1.807, 2.05) is 12.1 Å². The zero-order chi connectivity index (χ0) is 13.1. The van der Waals surface area contributed by atoms with Crippen LogP contribution < -0.4 is 4.74 Å². The van der Waals surface area contributed by atoms with Gasteiger partial charge in [-0.3, -0.25) is 0 Å². The molecule has 1 heterocycles.